The minimum absolute atomic E-state index is 0.108. The molecule has 0 aromatic carbocycles. The van der Waals surface area contributed by atoms with Crippen LogP contribution in [-0.4, -0.2) is 29.3 Å². The number of rotatable bonds is 10. The van der Waals surface area contributed by atoms with Crippen molar-refractivity contribution in [2.24, 2.45) is 5.92 Å². The van der Waals surface area contributed by atoms with Crippen LogP contribution in [0.1, 0.15) is 85.5 Å². The number of hydrogen-bond donors (Lipinski definition) is 0. The molecular formula is C18H35NO. The van der Waals surface area contributed by atoms with Gasteiger partial charge in [0.15, 0.2) is 5.78 Å². The lowest BCUT2D eigenvalue weighted by Gasteiger charge is -2.39. The molecule has 0 amide bonds. The van der Waals surface area contributed by atoms with E-state index >= 15 is 0 Å². The molecule has 1 unspecified atom stereocenters. The van der Waals surface area contributed by atoms with E-state index in [1.54, 1.807) is 0 Å². The Labute approximate surface area is 126 Å². The molecule has 0 radical (unpaired) electrons. The van der Waals surface area contributed by atoms with Gasteiger partial charge < -0.3 is 0 Å². The van der Waals surface area contributed by atoms with Gasteiger partial charge in [-0.05, 0) is 31.8 Å². The summed E-state index contributed by atoms with van der Waals surface area (Å²) in [5.41, 5.74) is -0.108. The zero-order valence-corrected chi connectivity index (χ0v) is 14.2. The molecule has 1 aliphatic rings. The second-order valence-corrected chi connectivity index (χ2v) is 6.45. The molecule has 1 fully saturated rings. The Morgan fingerprint density at radius 1 is 1.10 bits per heavy atom. The van der Waals surface area contributed by atoms with Crippen molar-refractivity contribution in [3.05, 3.63) is 0 Å². The van der Waals surface area contributed by atoms with Gasteiger partial charge in [0.25, 0.3) is 0 Å². The fraction of sp³-hybridized carbons (Fsp3) is 0.944. The Morgan fingerprint density at radius 3 is 2.15 bits per heavy atom. The van der Waals surface area contributed by atoms with Crippen molar-refractivity contribution in [1.82, 2.24) is 4.90 Å². The van der Waals surface area contributed by atoms with Gasteiger partial charge in [-0.25, -0.2) is 0 Å². The average Bonchev–Trinajstić information content (AvgIpc) is 2.95. The van der Waals surface area contributed by atoms with Gasteiger partial charge in [0.05, 0.1) is 5.54 Å². The van der Waals surface area contributed by atoms with E-state index in [1.807, 2.05) is 0 Å². The third kappa shape index (κ3) is 4.07. The number of ketones is 1. The first kappa shape index (κ1) is 17.7. The number of nitrogens with zero attached hydrogens (tertiary/aromatic N) is 1. The fourth-order valence-corrected chi connectivity index (χ4v) is 3.96. The molecule has 2 heteroatoms. The second kappa shape index (κ2) is 8.81. The zero-order valence-electron chi connectivity index (χ0n) is 14.2. The summed E-state index contributed by atoms with van der Waals surface area (Å²) in [4.78, 5) is 15.5. The van der Waals surface area contributed by atoms with Crippen LogP contribution in [0.2, 0.25) is 0 Å². The van der Waals surface area contributed by atoms with Gasteiger partial charge in [-0.2, -0.15) is 0 Å². The van der Waals surface area contributed by atoms with E-state index in [9.17, 15) is 4.79 Å². The maximum Gasteiger partial charge on any atom is 0.153 e. The number of hydrogen-bond acceptors (Lipinski definition) is 2. The van der Waals surface area contributed by atoms with Crippen LogP contribution in [0.4, 0.5) is 0 Å². The molecular weight excluding hydrogens is 246 g/mol. The largest absolute Gasteiger partial charge is 0.298 e. The molecule has 1 aliphatic carbocycles. The molecule has 0 spiro atoms. The molecule has 118 valence electrons. The van der Waals surface area contributed by atoms with Gasteiger partial charge in [0, 0.05) is 6.42 Å². The standard InChI is InChI=1S/C18H35NO/c1-5-9-12-16(6-2)15-17(20)18(13-10-11-14-18)19(7-3)8-4/h16H,5-15H2,1-4H3. The molecule has 1 atom stereocenters. The summed E-state index contributed by atoms with van der Waals surface area (Å²) in [7, 11) is 0. The van der Waals surface area contributed by atoms with E-state index in [1.165, 1.54) is 32.1 Å². The van der Waals surface area contributed by atoms with Crippen LogP contribution in [0.5, 0.6) is 0 Å². The maximum absolute atomic E-state index is 13.0. The Morgan fingerprint density at radius 2 is 1.70 bits per heavy atom. The summed E-state index contributed by atoms with van der Waals surface area (Å²) in [5.74, 6) is 1.15. The lowest BCUT2D eigenvalue weighted by molar-refractivity contribution is -0.132. The predicted molar refractivity (Wildman–Crippen MR) is 87.1 cm³/mol. The van der Waals surface area contributed by atoms with Crippen molar-refractivity contribution in [2.45, 2.75) is 91.0 Å². The number of unbranched alkanes of at least 4 members (excludes halogenated alkanes) is 1. The Kier molecular flexibility index (Phi) is 7.79. The summed E-state index contributed by atoms with van der Waals surface area (Å²) in [5, 5.41) is 0. The van der Waals surface area contributed by atoms with Crippen molar-refractivity contribution in [1.29, 1.82) is 0 Å². The molecule has 0 aromatic rings. The summed E-state index contributed by atoms with van der Waals surface area (Å²) in [6.45, 7) is 10.9. The van der Waals surface area contributed by atoms with Crippen molar-refractivity contribution in [3.63, 3.8) is 0 Å². The van der Waals surface area contributed by atoms with Crippen molar-refractivity contribution < 1.29 is 4.79 Å². The third-order valence-electron chi connectivity index (χ3n) is 5.34. The zero-order chi connectivity index (χ0) is 15.0. The molecule has 0 bridgehead atoms. The number of Topliss-reactive ketones (excluding diaryl/α,β-unsaturated/α-hetero) is 1. The van der Waals surface area contributed by atoms with Crippen LogP contribution in [0.25, 0.3) is 0 Å². The SMILES string of the molecule is CCCCC(CC)CC(=O)C1(N(CC)CC)CCCC1. The topological polar surface area (TPSA) is 20.3 Å². The van der Waals surface area contributed by atoms with Crippen molar-refractivity contribution >= 4 is 5.78 Å². The summed E-state index contributed by atoms with van der Waals surface area (Å²) in [6.07, 6.45) is 10.4. The normalized spacial score (nSPS) is 19.4. The maximum atomic E-state index is 13.0. The highest BCUT2D eigenvalue weighted by molar-refractivity contribution is 5.89. The van der Waals surface area contributed by atoms with Gasteiger partial charge in [0.2, 0.25) is 0 Å². The first-order valence-electron chi connectivity index (χ1n) is 8.92. The smallest absolute Gasteiger partial charge is 0.153 e. The Hall–Kier alpha value is -0.370. The van der Waals surface area contributed by atoms with Crippen LogP contribution >= 0.6 is 0 Å². The molecule has 0 saturated heterocycles. The third-order valence-corrected chi connectivity index (χ3v) is 5.34. The van der Waals surface area contributed by atoms with Crippen LogP contribution in [-0.2, 0) is 4.79 Å². The molecule has 1 rings (SSSR count). The fourth-order valence-electron chi connectivity index (χ4n) is 3.96. The first-order chi connectivity index (χ1) is 9.64. The van der Waals surface area contributed by atoms with E-state index in [0.717, 1.165) is 38.8 Å². The van der Waals surface area contributed by atoms with E-state index < -0.39 is 0 Å². The van der Waals surface area contributed by atoms with Gasteiger partial charge in [0.1, 0.15) is 0 Å². The highest BCUT2D eigenvalue weighted by Crippen LogP contribution is 2.38. The molecule has 20 heavy (non-hydrogen) atoms. The first-order valence-corrected chi connectivity index (χ1v) is 8.92. The van der Waals surface area contributed by atoms with E-state index in [0.29, 0.717) is 11.7 Å². The van der Waals surface area contributed by atoms with Crippen LogP contribution in [0.15, 0.2) is 0 Å². The van der Waals surface area contributed by atoms with Gasteiger partial charge in [-0.15, -0.1) is 0 Å². The predicted octanol–water partition coefficient (Wildman–Crippen LogP) is 4.82. The highest BCUT2D eigenvalue weighted by atomic mass is 16.1. The van der Waals surface area contributed by atoms with E-state index in [-0.39, 0.29) is 5.54 Å². The van der Waals surface area contributed by atoms with E-state index in [2.05, 4.69) is 32.6 Å². The summed E-state index contributed by atoms with van der Waals surface area (Å²) >= 11 is 0. The van der Waals surface area contributed by atoms with Crippen LogP contribution in [0.3, 0.4) is 0 Å². The number of carbonyl (C=O) groups is 1. The van der Waals surface area contributed by atoms with Crippen molar-refractivity contribution in [3.8, 4) is 0 Å². The molecule has 0 aromatic heterocycles. The highest BCUT2D eigenvalue weighted by Gasteiger charge is 2.44. The van der Waals surface area contributed by atoms with Gasteiger partial charge in [-0.3, -0.25) is 9.69 Å². The lowest BCUT2D eigenvalue weighted by Crippen LogP contribution is -2.53. The lowest BCUT2D eigenvalue weighted by atomic mass is 9.82. The molecule has 0 aliphatic heterocycles. The summed E-state index contributed by atoms with van der Waals surface area (Å²) in [6, 6.07) is 0. The Balaban J connectivity index is 2.73. The minimum Gasteiger partial charge on any atom is -0.298 e. The van der Waals surface area contributed by atoms with Crippen LogP contribution < -0.4 is 0 Å². The monoisotopic (exact) mass is 281 g/mol. The quantitative estimate of drug-likeness (QED) is 0.572. The minimum atomic E-state index is -0.108. The molecule has 1 saturated carbocycles. The van der Waals surface area contributed by atoms with Gasteiger partial charge in [-0.1, -0.05) is 66.2 Å². The Bertz CT molecular complexity index is 277. The molecule has 0 N–H and O–H groups in total. The molecule has 0 heterocycles. The van der Waals surface area contributed by atoms with Crippen molar-refractivity contribution in [2.75, 3.05) is 13.1 Å². The van der Waals surface area contributed by atoms with Crippen LogP contribution in [0, 0.1) is 5.92 Å². The summed E-state index contributed by atoms with van der Waals surface area (Å²) < 4.78 is 0. The van der Waals surface area contributed by atoms with Gasteiger partial charge >= 0.3 is 0 Å². The number of likely N-dealkylation sites (N-methyl/N-ethyl adjacent to an activating group) is 1. The molecule has 2 nitrogen and oxygen atoms in total. The number of carbonyl (C=O) groups excluding carboxylic acids is 1. The van der Waals surface area contributed by atoms with E-state index in [4.69, 9.17) is 0 Å². The second-order valence-electron chi connectivity index (χ2n) is 6.45. The average molecular weight is 281 g/mol.